The first-order valence-electron chi connectivity index (χ1n) is 8.80. The third-order valence-electron chi connectivity index (χ3n) is 4.80. The molecule has 2 unspecified atom stereocenters. The summed E-state index contributed by atoms with van der Waals surface area (Å²) in [7, 11) is 0. The van der Waals surface area contributed by atoms with Gasteiger partial charge in [-0.25, -0.2) is 9.07 Å². The summed E-state index contributed by atoms with van der Waals surface area (Å²) in [4.78, 5) is 14.3. The minimum Gasteiger partial charge on any atom is -0.349 e. The molecule has 1 aliphatic heterocycles. The summed E-state index contributed by atoms with van der Waals surface area (Å²) in [5.74, 6) is -0.313. The van der Waals surface area contributed by atoms with Crippen molar-refractivity contribution in [2.75, 3.05) is 6.54 Å². The van der Waals surface area contributed by atoms with Crippen LogP contribution in [0.25, 0.3) is 15.9 Å². The summed E-state index contributed by atoms with van der Waals surface area (Å²) in [6.45, 7) is 4.99. The largest absolute Gasteiger partial charge is 0.349 e. The van der Waals surface area contributed by atoms with E-state index in [-0.39, 0.29) is 17.8 Å². The molecule has 0 aliphatic carbocycles. The molecule has 0 saturated carbocycles. The summed E-state index contributed by atoms with van der Waals surface area (Å²) in [6.07, 6.45) is 1.89. The monoisotopic (exact) mass is 372 g/mol. The molecule has 0 bridgehead atoms. The van der Waals surface area contributed by atoms with Crippen LogP contribution in [0.5, 0.6) is 0 Å². The van der Waals surface area contributed by atoms with Gasteiger partial charge in [0.2, 0.25) is 0 Å². The van der Waals surface area contributed by atoms with Gasteiger partial charge in [-0.1, -0.05) is 0 Å². The molecule has 2 aromatic heterocycles. The molecule has 1 aromatic carbocycles. The van der Waals surface area contributed by atoms with Crippen LogP contribution in [0.15, 0.2) is 30.3 Å². The Bertz CT molecular complexity index is 947. The van der Waals surface area contributed by atoms with Crippen molar-refractivity contribution in [1.82, 2.24) is 20.4 Å². The summed E-state index contributed by atoms with van der Waals surface area (Å²) in [5, 5.41) is 12.0. The van der Waals surface area contributed by atoms with Crippen molar-refractivity contribution in [2.45, 2.75) is 38.8 Å². The van der Waals surface area contributed by atoms with Crippen molar-refractivity contribution in [3.05, 3.63) is 46.7 Å². The average Bonchev–Trinajstić information content (AvgIpc) is 3.17. The number of hydrogen-bond donors (Lipinski definition) is 2. The topological polar surface area (TPSA) is 59.0 Å². The molecule has 0 spiro atoms. The lowest BCUT2D eigenvalue weighted by atomic mass is 10.0. The van der Waals surface area contributed by atoms with Gasteiger partial charge in [-0.15, -0.1) is 11.3 Å². The number of halogens is 1. The molecule has 1 saturated heterocycles. The SMILES string of the molecule is Cc1nn(-c2ccc(F)cc2)c2sc(C(=O)NC3CCNC(C)C3)cc12. The van der Waals surface area contributed by atoms with Gasteiger partial charge in [-0.2, -0.15) is 5.10 Å². The van der Waals surface area contributed by atoms with Crippen molar-refractivity contribution < 1.29 is 9.18 Å². The molecular formula is C19H21FN4OS. The van der Waals surface area contributed by atoms with Gasteiger partial charge in [0, 0.05) is 17.5 Å². The highest BCUT2D eigenvalue weighted by molar-refractivity contribution is 7.20. The van der Waals surface area contributed by atoms with E-state index in [1.54, 1.807) is 16.8 Å². The summed E-state index contributed by atoms with van der Waals surface area (Å²) < 4.78 is 15.0. The Morgan fingerprint density at radius 2 is 2.15 bits per heavy atom. The van der Waals surface area contributed by atoms with E-state index < -0.39 is 0 Å². The Kier molecular flexibility index (Phi) is 4.50. The molecule has 2 N–H and O–H groups in total. The molecule has 7 heteroatoms. The van der Waals surface area contributed by atoms with Crippen molar-refractivity contribution in [2.24, 2.45) is 0 Å². The quantitative estimate of drug-likeness (QED) is 0.741. The van der Waals surface area contributed by atoms with E-state index in [0.29, 0.717) is 10.9 Å². The van der Waals surface area contributed by atoms with E-state index in [1.165, 1.54) is 23.5 Å². The summed E-state index contributed by atoms with van der Waals surface area (Å²) in [6, 6.07) is 8.75. The molecule has 136 valence electrons. The summed E-state index contributed by atoms with van der Waals surface area (Å²) in [5.41, 5.74) is 1.64. The Labute approximate surface area is 155 Å². The highest BCUT2D eigenvalue weighted by Crippen LogP contribution is 2.30. The van der Waals surface area contributed by atoms with E-state index in [9.17, 15) is 9.18 Å². The number of aryl methyl sites for hydroxylation is 1. The van der Waals surface area contributed by atoms with Gasteiger partial charge in [0.1, 0.15) is 10.6 Å². The smallest absolute Gasteiger partial charge is 0.261 e. The number of piperidine rings is 1. The Hall–Kier alpha value is -2.25. The van der Waals surface area contributed by atoms with Gasteiger partial charge in [0.25, 0.3) is 5.91 Å². The first kappa shape index (κ1) is 17.2. The van der Waals surface area contributed by atoms with Gasteiger partial charge >= 0.3 is 0 Å². The van der Waals surface area contributed by atoms with Crippen LogP contribution in [0.3, 0.4) is 0 Å². The number of nitrogens with one attached hydrogen (secondary N) is 2. The number of carbonyl (C=O) groups excluding carboxylic acids is 1. The lowest BCUT2D eigenvalue weighted by Crippen LogP contribution is -2.46. The van der Waals surface area contributed by atoms with Crippen LogP contribution >= 0.6 is 11.3 Å². The van der Waals surface area contributed by atoms with Gasteiger partial charge in [0.15, 0.2) is 0 Å². The first-order chi connectivity index (χ1) is 12.5. The molecule has 3 heterocycles. The molecule has 1 amide bonds. The average molecular weight is 372 g/mol. The Balaban J connectivity index is 1.62. The van der Waals surface area contributed by atoms with E-state index in [2.05, 4.69) is 22.7 Å². The fourth-order valence-electron chi connectivity index (χ4n) is 3.44. The van der Waals surface area contributed by atoms with Crippen molar-refractivity contribution in [3.63, 3.8) is 0 Å². The number of hydrogen-bond acceptors (Lipinski definition) is 4. The second kappa shape index (κ2) is 6.81. The van der Waals surface area contributed by atoms with E-state index in [1.807, 2.05) is 13.0 Å². The van der Waals surface area contributed by atoms with Crippen molar-refractivity contribution in [3.8, 4) is 5.69 Å². The maximum atomic E-state index is 13.2. The maximum absolute atomic E-state index is 13.2. The molecule has 1 aliphatic rings. The molecular weight excluding hydrogens is 351 g/mol. The molecule has 5 nitrogen and oxygen atoms in total. The highest BCUT2D eigenvalue weighted by Gasteiger charge is 2.22. The number of nitrogens with zero attached hydrogens (tertiary/aromatic N) is 2. The lowest BCUT2D eigenvalue weighted by molar-refractivity contribution is 0.0930. The zero-order valence-electron chi connectivity index (χ0n) is 14.8. The number of thiophene rings is 1. The van der Waals surface area contributed by atoms with Gasteiger partial charge in [-0.3, -0.25) is 4.79 Å². The number of fused-ring (bicyclic) bond motifs is 1. The second-order valence-electron chi connectivity index (χ2n) is 6.85. The number of rotatable bonds is 3. The number of benzene rings is 1. The molecule has 1 fully saturated rings. The second-order valence-corrected chi connectivity index (χ2v) is 7.88. The first-order valence-corrected chi connectivity index (χ1v) is 9.62. The standard InChI is InChI=1S/C19H21FN4OS/c1-11-9-14(7-8-21-11)22-18(25)17-10-16-12(2)23-24(19(16)26-17)15-5-3-13(20)4-6-15/h3-6,10-11,14,21H,7-9H2,1-2H3,(H,22,25). The summed E-state index contributed by atoms with van der Waals surface area (Å²) >= 11 is 1.42. The van der Waals surface area contributed by atoms with E-state index in [0.717, 1.165) is 41.0 Å². The Morgan fingerprint density at radius 3 is 2.88 bits per heavy atom. The minimum absolute atomic E-state index is 0.0321. The van der Waals surface area contributed by atoms with Crippen LogP contribution in [-0.4, -0.2) is 34.3 Å². The zero-order valence-corrected chi connectivity index (χ0v) is 15.6. The Morgan fingerprint density at radius 1 is 1.38 bits per heavy atom. The van der Waals surface area contributed by atoms with Gasteiger partial charge in [-0.05, 0) is 63.6 Å². The molecule has 26 heavy (non-hydrogen) atoms. The van der Waals surface area contributed by atoms with Crippen molar-refractivity contribution >= 4 is 27.5 Å². The van der Waals surface area contributed by atoms with Gasteiger partial charge in [0.05, 0.1) is 16.3 Å². The fourth-order valence-corrected chi connectivity index (χ4v) is 4.52. The van der Waals surface area contributed by atoms with Crippen LogP contribution < -0.4 is 10.6 Å². The maximum Gasteiger partial charge on any atom is 0.261 e. The van der Waals surface area contributed by atoms with Gasteiger partial charge < -0.3 is 10.6 Å². The predicted molar refractivity (Wildman–Crippen MR) is 102 cm³/mol. The third kappa shape index (κ3) is 3.24. The predicted octanol–water partition coefficient (Wildman–Crippen LogP) is 3.40. The van der Waals surface area contributed by atoms with Crippen LogP contribution in [-0.2, 0) is 0 Å². The number of carbonyl (C=O) groups is 1. The minimum atomic E-state index is -0.281. The van der Waals surface area contributed by atoms with Crippen LogP contribution in [0.1, 0.15) is 35.1 Å². The van der Waals surface area contributed by atoms with Crippen molar-refractivity contribution in [1.29, 1.82) is 0 Å². The zero-order chi connectivity index (χ0) is 18.3. The van der Waals surface area contributed by atoms with Crippen LogP contribution in [0, 0.1) is 12.7 Å². The third-order valence-corrected chi connectivity index (χ3v) is 5.91. The molecule has 2 atom stereocenters. The van der Waals surface area contributed by atoms with Crippen LogP contribution in [0.4, 0.5) is 4.39 Å². The van der Waals surface area contributed by atoms with E-state index >= 15 is 0 Å². The van der Waals surface area contributed by atoms with E-state index in [4.69, 9.17) is 0 Å². The molecule has 3 aromatic rings. The molecule has 0 radical (unpaired) electrons. The fraction of sp³-hybridized carbons (Fsp3) is 0.368. The normalized spacial score (nSPS) is 20.4. The number of aromatic nitrogens is 2. The highest BCUT2D eigenvalue weighted by atomic mass is 32.1. The molecule has 4 rings (SSSR count). The van der Waals surface area contributed by atoms with Crippen LogP contribution in [0.2, 0.25) is 0 Å². The lowest BCUT2D eigenvalue weighted by Gasteiger charge is -2.28. The number of amides is 1.